The van der Waals surface area contributed by atoms with Gasteiger partial charge in [-0.1, -0.05) is 39.8 Å². The van der Waals surface area contributed by atoms with Gasteiger partial charge in [0.1, 0.15) is 6.10 Å². The summed E-state index contributed by atoms with van der Waals surface area (Å²) in [5, 5.41) is 28.8. The number of carboxylic acid groups (broad SMARTS) is 1. The van der Waals surface area contributed by atoms with Crippen LogP contribution < -0.4 is 0 Å². The van der Waals surface area contributed by atoms with Crippen molar-refractivity contribution in [3.05, 3.63) is 34.4 Å². The van der Waals surface area contributed by atoms with E-state index in [0.717, 1.165) is 24.0 Å². The van der Waals surface area contributed by atoms with E-state index in [9.17, 15) is 15.0 Å². The zero-order chi connectivity index (χ0) is 16.9. The van der Waals surface area contributed by atoms with Crippen LogP contribution in [0.5, 0.6) is 0 Å². The molecule has 1 aliphatic carbocycles. The molecular weight excluding hydrogens is 280 g/mol. The lowest BCUT2D eigenvalue weighted by molar-refractivity contribution is -0.153. The monoisotopic (exact) mass is 306 g/mol. The number of hydrogen-bond donors (Lipinski definition) is 3. The van der Waals surface area contributed by atoms with Crippen LogP contribution in [0.25, 0.3) is 0 Å². The zero-order valence-corrected chi connectivity index (χ0v) is 14.0. The summed E-state index contributed by atoms with van der Waals surface area (Å²) in [5.41, 5.74) is 3.74. The van der Waals surface area contributed by atoms with E-state index in [1.165, 1.54) is 5.56 Å². The first-order valence-electron chi connectivity index (χ1n) is 7.72. The Bertz CT molecular complexity index is 601. The summed E-state index contributed by atoms with van der Waals surface area (Å²) < 4.78 is 0. The summed E-state index contributed by atoms with van der Waals surface area (Å²) >= 11 is 0. The molecular formula is C18H26O4. The predicted molar refractivity (Wildman–Crippen MR) is 85.1 cm³/mol. The van der Waals surface area contributed by atoms with Gasteiger partial charge in [0.2, 0.25) is 0 Å². The van der Waals surface area contributed by atoms with Crippen LogP contribution in [-0.2, 0) is 15.6 Å². The maximum Gasteiger partial charge on any atom is 0.335 e. The van der Waals surface area contributed by atoms with Crippen molar-refractivity contribution in [1.29, 1.82) is 0 Å². The van der Waals surface area contributed by atoms with Crippen LogP contribution in [0.2, 0.25) is 0 Å². The van der Waals surface area contributed by atoms with Crippen molar-refractivity contribution < 1.29 is 20.1 Å². The molecule has 3 N–H and O–H groups in total. The van der Waals surface area contributed by atoms with Gasteiger partial charge in [-0.25, -0.2) is 4.79 Å². The average Bonchev–Trinajstić information content (AvgIpc) is 2.42. The molecule has 2 atom stereocenters. The second-order valence-electron chi connectivity index (χ2n) is 7.75. The van der Waals surface area contributed by atoms with Gasteiger partial charge >= 0.3 is 5.97 Å². The SMILES string of the molecule is Cc1cc2c(cc1C(O)C(O)C(=O)O)C(C)(C)CCC2(C)C. The molecule has 0 radical (unpaired) electrons. The molecule has 22 heavy (non-hydrogen) atoms. The number of benzene rings is 1. The standard InChI is InChI=1S/C18H26O4/c1-10-8-12-13(18(4,5)7-6-17(12,2)3)9-11(10)14(19)15(20)16(21)22/h8-9,14-15,19-20H,6-7H2,1-5H3,(H,21,22). The minimum Gasteiger partial charge on any atom is -0.479 e. The molecule has 2 rings (SSSR count). The van der Waals surface area contributed by atoms with Crippen molar-refractivity contribution in [2.45, 2.75) is 70.5 Å². The second kappa shape index (κ2) is 5.36. The number of carbonyl (C=O) groups is 1. The molecule has 0 saturated carbocycles. The Balaban J connectivity index is 2.60. The quantitative estimate of drug-likeness (QED) is 0.802. The van der Waals surface area contributed by atoms with E-state index in [1.807, 2.05) is 19.1 Å². The molecule has 0 aliphatic heterocycles. The van der Waals surface area contributed by atoms with Crippen molar-refractivity contribution >= 4 is 5.97 Å². The van der Waals surface area contributed by atoms with E-state index in [4.69, 9.17) is 5.11 Å². The Labute approximate surface area is 131 Å². The molecule has 0 heterocycles. The van der Waals surface area contributed by atoms with Gasteiger partial charge in [0.15, 0.2) is 6.10 Å². The fraction of sp³-hybridized carbons (Fsp3) is 0.611. The van der Waals surface area contributed by atoms with E-state index in [1.54, 1.807) is 0 Å². The largest absolute Gasteiger partial charge is 0.479 e. The Morgan fingerprint density at radius 2 is 1.50 bits per heavy atom. The topological polar surface area (TPSA) is 77.8 Å². The molecule has 122 valence electrons. The Hall–Kier alpha value is -1.39. The molecule has 4 nitrogen and oxygen atoms in total. The molecule has 0 amide bonds. The molecule has 0 aromatic heterocycles. The lowest BCUT2D eigenvalue weighted by Gasteiger charge is -2.42. The van der Waals surface area contributed by atoms with E-state index < -0.39 is 18.2 Å². The van der Waals surface area contributed by atoms with Gasteiger partial charge in [-0.2, -0.15) is 0 Å². The van der Waals surface area contributed by atoms with Crippen LogP contribution in [0.15, 0.2) is 12.1 Å². The third kappa shape index (κ3) is 2.77. The van der Waals surface area contributed by atoms with Gasteiger partial charge in [-0.3, -0.25) is 0 Å². The first-order valence-corrected chi connectivity index (χ1v) is 7.72. The van der Waals surface area contributed by atoms with Gasteiger partial charge < -0.3 is 15.3 Å². The van der Waals surface area contributed by atoms with Gasteiger partial charge in [0.25, 0.3) is 0 Å². The fourth-order valence-corrected chi connectivity index (χ4v) is 3.36. The second-order valence-corrected chi connectivity index (χ2v) is 7.75. The number of fused-ring (bicyclic) bond motifs is 1. The van der Waals surface area contributed by atoms with Crippen LogP contribution in [0, 0.1) is 6.92 Å². The molecule has 1 aliphatic rings. The number of rotatable bonds is 3. The normalized spacial score (nSPS) is 21.8. The molecule has 1 aromatic rings. The summed E-state index contributed by atoms with van der Waals surface area (Å²) in [6.07, 6.45) is -1.10. The lowest BCUT2D eigenvalue weighted by Crippen LogP contribution is -2.35. The van der Waals surface area contributed by atoms with Gasteiger partial charge in [0.05, 0.1) is 0 Å². The first kappa shape index (κ1) is 17.0. The molecule has 1 aromatic carbocycles. The molecule has 0 fully saturated rings. The summed E-state index contributed by atoms with van der Waals surface area (Å²) in [7, 11) is 0. The summed E-state index contributed by atoms with van der Waals surface area (Å²) in [6, 6.07) is 3.94. The minimum atomic E-state index is -1.81. The van der Waals surface area contributed by atoms with E-state index in [-0.39, 0.29) is 10.8 Å². The van der Waals surface area contributed by atoms with Crippen molar-refractivity contribution in [2.75, 3.05) is 0 Å². The van der Waals surface area contributed by atoms with Crippen LogP contribution in [0.4, 0.5) is 0 Å². The summed E-state index contributed by atoms with van der Waals surface area (Å²) in [4.78, 5) is 10.9. The van der Waals surface area contributed by atoms with Crippen LogP contribution in [0.1, 0.15) is 68.9 Å². The molecule has 0 saturated heterocycles. The fourth-order valence-electron chi connectivity index (χ4n) is 3.36. The van der Waals surface area contributed by atoms with Crippen molar-refractivity contribution in [1.82, 2.24) is 0 Å². The highest BCUT2D eigenvalue weighted by molar-refractivity contribution is 5.73. The van der Waals surface area contributed by atoms with E-state index in [0.29, 0.717) is 5.56 Å². The van der Waals surface area contributed by atoms with Gasteiger partial charge in [-0.15, -0.1) is 0 Å². The van der Waals surface area contributed by atoms with Crippen LogP contribution in [0.3, 0.4) is 0 Å². The van der Waals surface area contributed by atoms with Crippen LogP contribution in [-0.4, -0.2) is 27.4 Å². The Morgan fingerprint density at radius 3 is 1.95 bits per heavy atom. The number of aliphatic hydroxyl groups is 2. The van der Waals surface area contributed by atoms with E-state index >= 15 is 0 Å². The Kier molecular flexibility index (Phi) is 4.13. The lowest BCUT2D eigenvalue weighted by atomic mass is 9.62. The molecule has 2 unspecified atom stereocenters. The number of aryl methyl sites for hydroxylation is 1. The van der Waals surface area contributed by atoms with Crippen molar-refractivity contribution in [3.8, 4) is 0 Å². The third-order valence-corrected chi connectivity index (χ3v) is 5.11. The third-order valence-electron chi connectivity index (χ3n) is 5.11. The van der Waals surface area contributed by atoms with Gasteiger partial charge in [0, 0.05) is 0 Å². The number of carboxylic acids is 1. The average molecular weight is 306 g/mol. The zero-order valence-electron chi connectivity index (χ0n) is 14.0. The molecule has 0 spiro atoms. The number of hydrogen-bond acceptors (Lipinski definition) is 3. The van der Waals surface area contributed by atoms with Crippen LogP contribution >= 0.6 is 0 Å². The highest BCUT2D eigenvalue weighted by Crippen LogP contribution is 2.47. The highest BCUT2D eigenvalue weighted by atomic mass is 16.4. The van der Waals surface area contributed by atoms with Crippen molar-refractivity contribution in [3.63, 3.8) is 0 Å². The van der Waals surface area contributed by atoms with E-state index in [2.05, 4.69) is 27.7 Å². The summed E-state index contributed by atoms with van der Waals surface area (Å²) in [5.74, 6) is -1.41. The maximum atomic E-state index is 10.9. The minimum absolute atomic E-state index is 0.0266. The van der Waals surface area contributed by atoms with Crippen molar-refractivity contribution in [2.24, 2.45) is 0 Å². The molecule has 0 bridgehead atoms. The van der Waals surface area contributed by atoms with Gasteiger partial charge in [-0.05, 0) is 52.8 Å². The predicted octanol–water partition coefficient (Wildman–Crippen LogP) is 2.82. The highest BCUT2D eigenvalue weighted by Gasteiger charge is 2.38. The number of aliphatic hydroxyl groups excluding tert-OH is 2. The summed E-state index contributed by atoms with van der Waals surface area (Å²) in [6.45, 7) is 10.6. The smallest absolute Gasteiger partial charge is 0.335 e. The maximum absolute atomic E-state index is 10.9. The Morgan fingerprint density at radius 1 is 1.05 bits per heavy atom. The number of aliphatic carboxylic acids is 1. The first-order chi connectivity index (χ1) is 9.97. The molecule has 4 heteroatoms.